The fraction of sp³-hybridized carbons (Fsp3) is 0.0833. The van der Waals surface area contributed by atoms with E-state index in [1.54, 1.807) is 23.7 Å². The number of hydrogen-bond acceptors (Lipinski definition) is 4. The zero-order valence-corrected chi connectivity index (χ0v) is 18.1. The number of thiazole rings is 1. The van der Waals surface area contributed by atoms with E-state index in [0.717, 1.165) is 39.0 Å². The molecule has 0 radical (unpaired) electrons. The number of fused-ring (bicyclic) bond motifs is 1. The summed E-state index contributed by atoms with van der Waals surface area (Å²) in [7, 11) is 0. The Bertz CT molecular complexity index is 1330. The largest absolute Gasteiger partial charge is 0.339 e. The van der Waals surface area contributed by atoms with Crippen LogP contribution in [0.25, 0.3) is 27.5 Å². The van der Waals surface area contributed by atoms with E-state index < -0.39 is 0 Å². The van der Waals surface area contributed by atoms with Crippen LogP contribution in [0.3, 0.4) is 0 Å². The highest BCUT2D eigenvalue weighted by atomic mass is 35.5. The minimum absolute atomic E-state index is 0.578. The Morgan fingerprint density at radius 1 is 0.967 bits per heavy atom. The Kier molecular flexibility index (Phi) is 4.77. The van der Waals surface area contributed by atoms with E-state index in [1.165, 1.54) is 11.1 Å². The molecule has 0 aliphatic rings. The quantitative estimate of drug-likeness (QED) is 0.329. The molecule has 3 aromatic heterocycles. The number of imidazole rings is 1. The molecule has 1 N–H and O–H groups in total. The van der Waals surface area contributed by atoms with Crippen molar-refractivity contribution in [1.29, 1.82) is 0 Å². The van der Waals surface area contributed by atoms with Gasteiger partial charge in [-0.25, -0.2) is 4.98 Å². The minimum atomic E-state index is 0.578. The van der Waals surface area contributed by atoms with Gasteiger partial charge in [0.2, 0.25) is 0 Å². The van der Waals surface area contributed by atoms with Crippen molar-refractivity contribution in [2.75, 3.05) is 5.32 Å². The van der Waals surface area contributed by atoms with Gasteiger partial charge in [-0.2, -0.15) is 0 Å². The first-order valence-corrected chi connectivity index (χ1v) is 10.9. The third-order valence-electron chi connectivity index (χ3n) is 5.19. The normalized spacial score (nSPS) is 11.2. The van der Waals surface area contributed by atoms with Crippen LogP contribution in [0, 0.1) is 13.8 Å². The summed E-state index contributed by atoms with van der Waals surface area (Å²) in [6, 6.07) is 18.6. The topological polar surface area (TPSA) is 42.2 Å². The van der Waals surface area contributed by atoms with Crippen molar-refractivity contribution < 1.29 is 0 Å². The van der Waals surface area contributed by atoms with Crippen LogP contribution in [0.2, 0.25) is 5.02 Å². The summed E-state index contributed by atoms with van der Waals surface area (Å²) in [5.41, 5.74) is 7.33. The summed E-state index contributed by atoms with van der Waals surface area (Å²) in [5, 5.41) is 6.40. The van der Waals surface area contributed by atoms with E-state index in [2.05, 4.69) is 76.4 Å². The van der Waals surface area contributed by atoms with E-state index in [9.17, 15) is 0 Å². The van der Waals surface area contributed by atoms with Crippen molar-refractivity contribution in [2.45, 2.75) is 13.8 Å². The lowest BCUT2D eigenvalue weighted by Crippen LogP contribution is -2.01. The molecule has 0 saturated carbocycles. The molecule has 6 heteroatoms. The number of hydrogen-bond donors (Lipinski definition) is 1. The number of anilines is 2. The van der Waals surface area contributed by atoms with Crippen LogP contribution in [0.5, 0.6) is 0 Å². The molecule has 5 rings (SSSR count). The smallest absolute Gasteiger partial charge is 0.196 e. The standard InChI is InChI=1S/C24H19ClN4S/c1-15-7-6-8-16(2)21(15)27-23-22(18-11-12-26-13-19(18)25)28-24-29(23)20(14-30-24)17-9-4-3-5-10-17/h3-14,27H,1-2H3. The number of aromatic nitrogens is 3. The molecular formula is C24H19ClN4S. The SMILES string of the molecule is Cc1cccc(C)c1Nc1c(-c2ccncc2Cl)nc2scc(-c3ccccc3)n12. The Morgan fingerprint density at radius 2 is 1.73 bits per heavy atom. The molecule has 0 atom stereocenters. The maximum atomic E-state index is 6.51. The maximum absolute atomic E-state index is 6.51. The van der Waals surface area contributed by atoms with Crippen molar-refractivity contribution in [2.24, 2.45) is 0 Å². The van der Waals surface area contributed by atoms with Crippen LogP contribution in [-0.4, -0.2) is 14.4 Å². The number of nitrogens with one attached hydrogen (secondary N) is 1. The first-order valence-electron chi connectivity index (χ1n) is 9.62. The average molecular weight is 431 g/mol. The third-order valence-corrected chi connectivity index (χ3v) is 6.31. The predicted octanol–water partition coefficient (Wildman–Crippen LogP) is 7.14. The molecule has 3 heterocycles. The molecule has 4 nitrogen and oxygen atoms in total. The van der Waals surface area contributed by atoms with Gasteiger partial charge in [0, 0.05) is 29.0 Å². The van der Waals surface area contributed by atoms with E-state index >= 15 is 0 Å². The minimum Gasteiger partial charge on any atom is -0.339 e. The molecule has 0 fully saturated rings. The van der Waals surface area contributed by atoms with Gasteiger partial charge in [-0.15, -0.1) is 11.3 Å². The van der Waals surface area contributed by atoms with Crippen LogP contribution < -0.4 is 5.32 Å². The number of nitrogens with zero attached hydrogens (tertiary/aromatic N) is 3. The first-order chi connectivity index (χ1) is 14.6. The summed E-state index contributed by atoms with van der Waals surface area (Å²) >= 11 is 8.13. The Balaban J connectivity index is 1.79. The zero-order valence-electron chi connectivity index (χ0n) is 16.6. The van der Waals surface area contributed by atoms with E-state index in [1.807, 2.05) is 12.1 Å². The molecule has 5 aromatic rings. The molecule has 2 aromatic carbocycles. The molecule has 0 unspecified atom stereocenters. The van der Waals surface area contributed by atoms with E-state index in [0.29, 0.717) is 5.02 Å². The predicted molar refractivity (Wildman–Crippen MR) is 126 cm³/mol. The lowest BCUT2D eigenvalue weighted by atomic mass is 10.1. The van der Waals surface area contributed by atoms with E-state index in [-0.39, 0.29) is 0 Å². The molecule has 0 amide bonds. The highest BCUT2D eigenvalue weighted by molar-refractivity contribution is 7.15. The van der Waals surface area contributed by atoms with Gasteiger partial charge in [0.05, 0.1) is 10.7 Å². The van der Waals surface area contributed by atoms with Crippen LogP contribution in [0.4, 0.5) is 11.5 Å². The Hall–Kier alpha value is -3.15. The molecular weight excluding hydrogens is 412 g/mol. The number of pyridine rings is 1. The van der Waals surface area contributed by atoms with Gasteiger partial charge >= 0.3 is 0 Å². The van der Waals surface area contributed by atoms with Crippen molar-refractivity contribution in [3.63, 3.8) is 0 Å². The lowest BCUT2D eigenvalue weighted by molar-refractivity contribution is 1.22. The van der Waals surface area contributed by atoms with Crippen LogP contribution in [0.1, 0.15) is 11.1 Å². The second-order valence-electron chi connectivity index (χ2n) is 7.16. The van der Waals surface area contributed by atoms with Crippen molar-refractivity contribution in [3.8, 4) is 22.5 Å². The summed E-state index contributed by atoms with van der Waals surface area (Å²) in [5.74, 6) is 0.899. The average Bonchev–Trinajstić information content (AvgIpc) is 3.32. The number of para-hydroxylation sites is 1. The second-order valence-corrected chi connectivity index (χ2v) is 8.41. The van der Waals surface area contributed by atoms with Gasteiger partial charge in [-0.3, -0.25) is 9.38 Å². The van der Waals surface area contributed by atoms with Gasteiger partial charge in [-0.05, 0) is 36.6 Å². The molecule has 0 bridgehead atoms. The number of rotatable bonds is 4. The Labute approximate surface area is 183 Å². The second kappa shape index (κ2) is 7.59. The number of aryl methyl sites for hydroxylation is 2. The molecule has 0 saturated heterocycles. The Morgan fingerprint density at radius 3 is 2.47 bits per heavy atom. The van der Waals surface area contributed by atoms with Crippen LogP contribution in [0.15, 0.2) is 72.4 Å². The molecule has 0 spiro atoms. The first kappa shape index (κ1) is 18.9. The molecule has 30 heavy (non-hydrogen) atoms. The van der Waals surface area contributed by atoms with Crippen LogP contribution in [-0.2, 0) is 0 Å². The highest BCUT2D eigenvalue weighted by Crippen LogP contribution is 2.40. The van der Waals surface area contributed by atoms with Gasteiger partial charge in [-0.1, -0.05) is 60.1 Å². The molecule has 148 valence electrons. The van der Waals surface area contributed by atoms with Crippen LogP contribution >= 0.6 is 22.9 Å². The van der Waals surface area contributed by atoms with E-state index in [4.69, 9.17) is 16.6 Å². The van der Waals surface area contributed by atoms with Crippen molar-refractivity contribution in [1.82, 2.24) is 14.4 Å². The maximum Gasteiger partial charge on any atom is 0.196 e. The van der Waals surface area contributed by atoms with Gasteiger partial charge in [0.15, 0.2) is 4.96 Å². The third kappa shape index (κ3) is 3.16. The molecule has 0 aliphatic heterocycles. The summed E-state index contributed by atoms with van der Waals surface area (Å²) in [4.78, 5) is 9.99. The van der Waals surface area contributed by atoms with Gasteiger partial charge in [0.1, 0.15) is 11.5 Å². The summed E-state index contributed by atoms with van der Waals surface area (Å²) in [6.45, 7) is 4.22. The number of halogens is 1. The summed E-state index contributed by atoms with van der Waals surface area (Å²) in [6.07, 6.45) is 3.40. The van der Waals surface area contributed by atoms with Gasteiger partial charge < -0.3 is 5.32 Å². The van der Waals surface area contributed by atoms with Crippen molar-refractivity contribution >= 4 is 39.4 Å². The van der Waals surface area contributed by atoms with Gasteiger partial charge in [0.25, 0.3) is 0 Å². The summed E-state index contributed by atoms with van der Waals surface area (Å²) < 4.78 is 2.18. The fourth-order valence-electron chi connectivity index (χ4n) is 3.67. The van der Waals surface area contributed by atoms with Crippen molar-refractivity contribution in [3.05, 3.63) is 88.5 Å². The fourth-order valence-corrected chi connectivity index (χ4v) is 4.78. The number of benzene rings is 2. The monoisotopic (exact) mass is 430 g/mol. The molecule has 0 aliphatic carbocycles. The lowest BCUT2D eigenvalue weighted by Gasteiger charge is -2.15. The highest BCUT2D eigenvalue weighted by Gasteiger charge is 2.21. The zero-order chi connectivity index (χ0) is 20.7.